The number of aromatic carboxylic acids is 1. The Morgan fingerprint density at radius 3 is 2.67 bits per heavy atom. The van der Waals surface area contributed by atoms with Gasteiger partial charge in [-0.05, 0) is 18.6 Å². The number of rotatable bonds is 3. The molecule has 0 spiro atoms. The number of aromatic nitrogens is 1. The number of pyridine rings is 1. The molecule has 0 radical (unpaired) electrons. The fourth-order valence-electron chi connectivity index (χ4n) is 1.04. The second-order valence-corrected chi connectivity index (χ2v) is 3.10. The number of carboxylic acids is 1. The van der Waals surface area contributed by atoms with Gasteiger partial charge in [0.05, 0.1) is 5.56 Å². The molecule has 0 unspecified atom stereocenters. The summed E-state index contributed by atoms with van der Waals surface area (Å²) in [4.78, 5) is 25.6. The van der Waals surface area contributed by atoms with E-state index in [1.54, 1.807) is 13.8 Å². The average Bonchev–Trinajstić information content (AvgIpc) is 2.20. The molecule has 0 aromatic carbocycles. The first kappa shape index (κ1) is 11.2. The van der Waals surface area contributed by atoms with Gasteiger partial charge in [-0.25, -0.2) is 9.78 Å². The molecule has 0 saturated heterocycles. The number of carboxylic acid groups (broad SMARTS) is 1. The Morgan fingerprint density at radius 1 is 1.53 bits per heavy atom. The number of aryl methyl sites for hydroxylation is 1. The molecule has 0 fully saturated rings. The molecular weight excluding hydrogens is 196 g/mol. The van der Waals surface area contributed by atoms with E-state index < -0.39 is 5.97 Å². The first-order valence-corrected chi connectivity index (χ1v) is 4.54. The van der Waals surface area contributed by atoms with Crippen LogP contribution >= 0.6 is 0 Å². The van der Waals surface area contributed by atoms with Crippen LogP contribution in [0.2, 0.25) is 0 Å². The van der Waals surface area contributed by atoms with Gasteiger partial charge < -0.3 is 10.4 Å². The fraction of sp³-hybridized carbons (Fsp3) is 0.300. The minimum Gasteiger partial charge on any atom is -0.478 e. The highest BCUT2D eigenvalue weighted by molar-refractivity contribution is 5.91. The van der Waals surface area contributed by atoms with Gasteiger partial charge in [-0.1, -0.05) is 6.92 Å². The zero-order valence-electron chi connectivity index (χ0n) is 8.57. The minimum absolute atomic E-state index is 0.113. The SMILES string of the molecule is CCC(=O)Nc1ncc(C(=O)O)cc1C. The molecule has 0 aliphatic heterocycles. The van der Waals surface area contributed by atoms with Crippen molar-refractivity contribution < 1.29 is 14.7 Å². The summed E-state index contributed by atoms with van der Waals surface area (Å²) in [7, 11) is 0. The van der Waals surface area contributed by atoms with Gasteiger partial charge in [0.15, 0.2) is 0 Å². The van der Waals surface area contributed by atoms with Crippen molar-refractivity contribution >= 4 is 17.7 Å². The first-order chi connectivity index (χ1) is 7.04. The van der Waals surface area contributed by atoms with Crippen LogP contribution in [-0.4, -0.2) is 22.0 Å². The summed E-state index contributed by atoms with van der Waals surface area (Å²) in [5.74, 6) is -0.764. The lowest BCUT2D eigenvalue weighted by atomic mass is 10.2. The average molecular weight is 208 g/mol. The normalized spacial score (nSPS) is 9.73. The molecule has 0 aliphatic rings. The van der Waals surface area contributed by atoms with Gasteiger partial charge in [-0.3, -0.25) is 4.79 Å². The Balaban J connectivity index is 2.93. The van der Waals surface area contributed by atoms with Crippen molar-refractivity contribution in [2.75, 3.05) is 5.32 Å². The van der Waals surface area contributed by atoms with Crippen molar-refractivity contribution in [2.24, 2.45) is 0 Å². The summed E-state index contributed by atoms with van der Waals surface area (Å²) in [6, 6.07) is 1.47. The third-order valence-electron chi connectivity index (χ3n) is 1.90. The van der Waals surface area contributed by atoms with Crippen molar-refractivity contribution in [3.8, 4) is 0 Å². The van der Waals surface area contributed by atoms with E-state index in [-0.39, 0.29) is 11.5 Å². The lowest BCUT2D eigenvalue weighted by Gasteiger charge is -2.06. The van der Waals surface area contributed by atoms with Crippen LogP contribution in [0.15, 0.2) is 12.3 Å². The van der Waals surface area contributed by atoms with E-state index in [0.29, 0.717) is 17.8 Å². The van der Waals surface area contributed by atoms with Crippen molar-refractivity contribution in [3.63, 3.8) is 0 Å². The highest BCUT2D eigenvalue weighted by atomic mass is 16.4. The predicted octanol–water partition coefficient (Wildman–Crippen LogP) is 1.44. The Labute approximate surface area is 87.1 Å². The second kappa shape index (κ2) is 4.54. The van der Waals surface area contributed by atoms with E-state index in [4.69, 9.17) is 5.11 Å². The highest BCUT2D eigenvalue weighted by Crippen LogP contribution is 2.12. The van der Waals surface area contributed by atoms with Crippen LogP contribution in [0, 0.1) is 6.92 Å². The standard InChI is InChI=1S/C10H12N2O3/c1-3-8(13)12-9-6(2)4-7(5-11-9)10(14)15/h4-5H,3H2,1-2H3,(H,14,15)(H,11,12,13). The van der Waals surface area contributed by atoms with Crippen LogP contribution in [0.4, 0.5) is 5.82 Å². The minimum atomic E-state index is -1.03. The number of hydrogen-bond acceptors (Lipinski definition) is 3. The Hall–Kier alpha value is -1.91. The zero-order chi connectivity index (χ0) is 11.4. The van der Waals surface area contributed by atoms with Gasteiger partial charge in [0.1, 0.15) is 5.82 Å². The van der Waals surface area contributed by atoms with Crippen molar-refractivity contribution in [3.05, 3.63) is 23.4 Å². The summed E-state index contributed by atoms with van der Waals surface area (Å²) in [6.45, 7) is 3.43. The lowest BCUT2D eigenvalue weighted by Crippen LogP contribution is -2.12. The van der Waals surface area contributed by atoms with Gasteiger partial charge in [-0.15, -0.1) is 0 Å². The quantitative estimate of drug-likeness (QED) is 0.787. The van der Waals surface area contributed by atoms with Crippen LogP contribution in [-0.2, 0) is 4.79 Å². The van der Waals surface area contributed by atoms with Gasteiger partial charge in [0.25, 0.3) is 0 Å². The summed E-state index contributed by atoms with van der Waals surface area (Å²) in [5.41, 5.74) is 0.749. The zero-order valence-corrected chi connectivity index (χ0v) is 8.57. The van der Waals surface area contributed by atoms with Gasteiger partial charge in [0.2, 0.25) is 5.91 Å². The van der Waals surface area contributed by atoms with Crippen molar-refractivity contribution in [2.45, 2.75) is 20.3 Å². The molecule has 5 nitrogen and oxygen atoms in total. The summed E-state index contributed by atoms with van der Waals surface area (Å²) < 4.78 is 0. The van der Waals surface area contributed by atoms with Crippen LogP contribution in [0.3, 0.4) is 0 Å². The number of carbonyl (C=O) groups is 2. The van der Waals surface area contributed by atoms with E-state index in [1.165, 1.54) is 12.3 Å². The van der Waals surface area contributed by atoms with Crippen LogP contribution in [0.25, 0.3) is 0 Å². The summed E-state index contributed by atoms with van der Waals surface area (Å²) in [5, 5.41) is 11.3. The van der Waals surface area contributed by atoms with E-state index in [9.17, 15) is 9.59 Å². The molecule has 1 aromatic heterocycles. The van der Waals surface area contributed by atoms with Gasteiger partial charge in [-0.2, -0.15) is 0 Å². The molecular formula is C10H12N2O3. The van der Waals surface area contributed by atoms with E-state index in [2.05, 4.69) is 10.3 Å². The van der Waals surface area contributed by atoms with Crippen molar-refractivity contribution in [1.29, 1.82) is 0 Å². The molecule has 80 valence electrons. The topological polar surface area (TPSA) is 79.3 Å². The van der Waals surface area contributed by atoms with E-state index in [0.717, 1.165) is 0 Å². The third kappa shape index (κ3) is 2.77. The number of hydrogen-bond donors (Lipinski definition) is 2. The highest BCUT2D eigenvalue weighted by Gasteiger charge is 2.08. The molecule has 0 saturated carbocycles. The largest absolute Gasteiger partial charge is 0.478 e. The lowest BCUT2D eigenvalue weighted by molar-refractivity contribution is -0.115. The van der Waals surface area contributed by atoms with E-state index in [1.807, 2.05) is 0 Å². The third-order valence-corrected chi connectivity index (χ3v) is 1.90. The molecule has 1 aromatic rings. The number of carbonyl (C=O) groups excluding carboxylic acids is 1. The molecule has 1 rings (SSSR count). The molecule has 1 amide bonds. The molecule has 2 N–H and O–H groups in total. The molecule has 15 heavy (non-hydrogen) atoms. The van der Waals surface area contributed by atoms with Crippen LogP contribution < -0.4 is 5.32 Å². The fourth-order valence-corrected chi connectivity index (χ4v) is 1.04. The van der Waals surface area contributed by atoms with Crippen LogP contribution in [0.5, 0.6) is 0 Å². The Bertz CT molecular complexity index is 402. The van der Waals surface area contributed by atoms with Gasteiger partial charge >= 0.3 is 5.97 Å². The Morgan fingerprint density at radius 2 is 2.20 bits per heavy atom. The molecule has 0 aliphatic carbocycles. The van der Waals surface area contributed by atoms with Gasteiger partial charge in [0, 0.05) is 12.6 Å². The first-order valence-electron chi connectivity index (χ1n) is 4.54. The molecule has 1 heterocycles. The number of anilines is 1. The maximum Gasteiger partial charge on any atom is 0.337 e. The van der Waals surface area contributed by atoms with E-state index >= 15 is 0 Å². The van der Waals surface area contributed by atoms with Crippen LogP contribution in [0.1, 0.15) is 29.3 Å². The molecule has 0 bridgehead atoms. The summed E-state index contributed by atoms with van der Waals surface area (Å²) >= 11 is 0. The molecule has 5 heteroatoms. The number of nitrogens with one attached hydrogen (secondary N) is 1. The second-order valence-electron chi connectivity index (χ2n) is 3.10. The monoisotopic (exact) mass is 208 g/mol. The number of nitrogens with zero attached hydrogens (tertiary/aromatic N) is 1. The number of amides is 1. The predicted molar refractivity (Wildman–Crippen MR) is 54.9 cm³/mol. The maximum absolute atomic E-state index is 11.1. The smallest absolute Gasteiger partial charge is 0.337 e. The molecule has 0 atom stereocenters. The summed E-state index contributed by atoms with van der Waals surface area (Å²) in [6.07, 6.45) is 1.59. The Kier molecular flexibility index (Phi) is 3.38. The van der Waals surface area contributed by atoms with Crippen molar-refractivity contribution in [1.82, 2.24) is 4.98 Å². The maximum atomic E-state index is 11.1.